The lowest BCUT2D eigenvalue weighted by atomic mass is 9.99. The fourth-order valence-electron chi connectivity index (χ4n) is 3.98. The van der Waals surface area contributed by atoms with Gasteiger partial charge in [0.2, 0.25) is 5.91 Å². The van der Waals surface area contributed by atoms with E-state index in [1.54, 1.807) is 7.11 Å². The summed E-state index contributed by atoms with van der Waals surface area (Å²) in [5, 5.41) is 0. The van der Waals surface area contributed by atoms with Crippen LogP contribution in [0, 0.1) is 5.92 Å². The van der Waals surface area contributed by atoms with Crippen molar-refractivity contribution in [1.29, 1.82) is 0 Å². The molecule has 126 valence electrons. The summed E-state index contributed by atoms with van der Waals surface area (Å²) >= 11 is 0. The standard InChI is InChI=1S/C19H23N3O2/c1-24-16-8-4-7-15(11-16)17-12-21-10-9-20-18(21)13-22(17)19(23)14-5-2-3-6-14/h4,7-11,14,17H,2-3,5-6,12-13H2,1H3/t17-/m1/s1. The van der Waals surface area contributed by atoms with Crippen LogP contribution in [0.15, 0.2) is 36.7 Å². The van der Waals surface area contributed by atoms with E-state index in [0.717, 1.165) is 36.5 Å². The van der Waals surface area contributed by atoms with Crippen LogP contribution in [-0.2, 0) is 17.9 Å². The fourth-order valence-corrected chi connectivity index (χ4v) is 3.98. The average molecular weight is 325 g/mol. The second-order valence-electron chi connectivity index (χ2n) is 6.74. The number of methoxy groups -OCH3 is 1. The molecule has 5 nitrogen and oxygen atoms in total. The molecule has 1 saturated carbocycles. The number of ether oxygens (including phenoxy) is 1. The molecule has 2 aromatic rings. The van der Waals surface area contributed by atoms with Crippen molar-refractivity contribution in [2.24, 2.45) is 5.92 Å². The summed E-state index contributed by atoms with van der Waals surface area (Å²) in [6, 6.07) is 8.11. The van der Waals surface area contributed by atoms with Crippen LogP contribution in [0.4, 0.5) is 0 Å². The van der Waals surface area contributed by atoms with Crippen LogP contribution in [0.1, 0.15) is 43.1 Å². The van der Waals surface area contributed by atoms with E-state index >= 15 is 0 Å². The van der Waals surface area contributed by atoms with Crippen molar-refractivity contribution in [2.45, 2.75) is 44.8 Å². The summed E-state index contributed by atoms with van der Waals surface area (Å²) in [7, 11) is 1.68. The summed E-state index contributed by atoms with van der Waals surface area (Å²) in [5.74, 6) is 2.27. The van der Waals surface area contributed by atoms with Crippen molar-refractivity contribution in [3.63, 3.8) is 0 Å². The van der Waals surface area contributed by atoms with E-state index in [1.165, 1.54) is 12.8 Å². The third-order valence-corrected chi connectivity index (χ3v) is 5.33. The molecule has 1 atom stereocenters. The number of imidazole rings is 1. The van der Waals surface area contributed by atoms with Gasteiger partial charge in [-0.1, -0.05) is 25.0 Å². The molecule has 1 aromatic heterocycles. The lowest BCUT2D eigenvalue weighted by molar-refractivity contribution is -0.140. The lowest BCUT2D eigenvalue weighted by Crippen LogP contribution is -2.43. The molecule has 5 heteroatoms. The van der Waals surface area contributed by atoms with E-state index in [4.69, 9.17) is 4.74 Å². The maximum atomic E-state index is 13.1. The zero-order valence-corrected chi connectivity index (χ0v) is 14.0. The van der Waals surface area contributed by atoms with Gasteiger partial charge in [-0.2, -0.15) is 0 Å². The van der Waals surface area contributed by atoms with Gasteiger partial charge < -0.3 is 14.2 Å². The van der Waals surface area contributed by atoms with E-state index in [9.17, 15) is 4.79 Å². The molecule has 1 aliphatic carbocycles. The molecule has 1 fully saturated rings. The summed E-state index contributed by atoms with van der Waals surface area (Å²) < 4.78 is 7.53. The minimum atomic E-state index is 0.0369. The minimum Gasteiger partial charge on any atom is -0.497 e. The lowest BCUT2D eigenvalue weighted by Gasteiger charge is -2.38. The van der Waals surface area contributed by atoms with Crippen molar-refractivity contribution in [1.82, 2.24) is 14.5 Å². The van der Waals surface area contributed by atoms with Gasteiger partial charge in [-0.3, -0.25) is 4.79 Å². The maximum Gasteiger partial charge on any atom is 0.226 e. The van der Waals surface area contributed by atoms with Crippen molar-refractivity contribution >= 4 is 5.91 Å². The van der Waals surface area contributed by atoms with E-state index in [1.807, 2.05) is 35.5 Å². The van der Waals surface area contributed by atoms with Gasteiger partial charge >= 0.3 is 0 Å². The molecular formula is C19H23N3O2. The van der Waals surface area contributed by atoms with Gasteiger partial charge in [-0.25, -0.2) is 4.98 Å². The summed E-state index contributed by atoms with van der Waals surface area (Å²) in [6.45, 7) is 1.34. The molecule has 1 amide bonds. The van der Waals surface area contributed by atoms with Crippen molar-refractivity contribution < 1.29 is 9.53 Å². The normalized spacial score (nSPS) is 20.9. The first-order valence-corrected chi connectivity index (χ1v) is 8.70. The molecule has 2 aliphatic rings. The largest absolute Gasteiger partial charge is 0.497 e. The number of hydrogen-bond acceptors (Lipinski definition) is 3. The molecule has 0 saturated heterocycles. The van der Waals surface area contributed by atoms with Crippen LogP contribution in [0.5, 0.6) is 5.75 Å². The van der Waals surface area contributed by atoms with Crippen LogP contribution >= 0.6 is 0 Å². The second kappa shape index (κ2) is 6.30. The Morgan fingerprint density at radius 2 is 2.12 bits per heavy atom. The molecule has 0 radical (unpaired) electrons. The third kappa shape index (κ3) is 2.68. The monoisotopic (exact) mass is 325 g/mol. The average Bonchev–Trinajstić information content (AvgIpc) is 3.31. The SMILES string of the molecule is COc1cccc([C@H]2Cn3ccnc3CN2C(=O)C2CCCC2)c1. The number of aromatic nitrogens is 2. The van der Waals surface area contributed by atoms with Crippen molar-refractivity contribution in [3.8, 4) is 5.75 Å². The number of benzene rings is 1. The van der Waals surface area contributed by atoms with E-state index in [2.05, 4.69) is 15.6 Å². The fraction of sp³-hybridized carbons (Fsp3) is 0.474. The minimum absolute atomic E-state index is 0.0369. The first-order valence-electron chi connectivity index (χ1n) is 8.70. The van der Waals surface area contributed by atoms with E-state index < -0.39 is 0 Å². The van der Waals surface area contributed by atoms with Crippen LogP contribution in [0.2, 0.25) is 0 Å². The maximum absolute atomic E-state index is 13.1. The summed E-state index contributed by atoms with van der Waals surface area (Å²) in [6.07, 6.45) is 8.20. The molecule has 0 N–H and O–H groups in total. The highest BCUT2D eigenvalue weighted by Crippen LogP contribution is 2.35. The smallest absolute Gasteiger partial charge is 0.226 e. The number of amides is 1. The molecular weight excluding hydrogens is 302 g/mol. The van der Waals surface area contributed by atoms with Crippen molar-refractivity contribution in [3.05, 3.63) is 48.0 Å². The Bertz CT molecular complexity index is 734. The zero-order valence-electron chi connectivity index (χ0n) is 14.0. The van der Waals surface area contributed by atoms with Crippen LogP contribution < -0.4 is 4.74 Å². The van der Waals surface area contributed by atoms with Gasteiger partial charge in [0.05, 0.1) is 19.7 Å². The van der Waals surface area contributed by atoms with Gasteiger partial charge in [0.15, 0.2) is 0 Å². The van der Waals surface area contributed by atoms with Crippen LogP contribution in [0.3, 0.4) is 0 Å². The Hall–Kier alpha value is -2.30. The highest BCUT2D eigenvalue weighted by Gasteiger charge is 2.35. The van der Waals surface area contributed by atoms with Gasteiger partial charge in [-0.05, 0) is 30.5 Å². The predicted molar refractivity (Wildman–Crippen MR) is 90.5 cm³/mol. The highest BCUT2D eigenvalue weighted by molar-refractivity contribution is 5.79. The Morgan fingerprint density at radius 3 is 2.92 bits per heavy atom. The Kier molecular flexibility index (Phi) is 4.00. The molecule has 24 heavy (non-hydrogen) atoms. The number of hydrogen-bond donors (Lipinski definition) is 0. The number of carbonyl (C=O) groups is 1. The number of carbonyl (C=O) groups excluding carboxylic acids is 1. The van der Waals surface area contributed by atoms with Crippen molar-refractivity contribution in [2.75, 3.05) is 7.11 Å². The first-order chi connectivity index (χ1) is 11.8. The molecule has 2 heterocycles. The topological polar surface area (TPSA) is 47.4 Å². The molecule has 1 aliphatic heterocycles. The molecule has 1 aromatic carbocycles. The molecule has 4 rings (SSSR count). The zero-order chi connectivity index (χ0) is 16.5. The highest BCUT2D eigenvalue weighted by atomic mass is 16.5. The molecule has 0 spiro atoms. The van der Waals surface area contributed by atoms with Gasteiger partial charge in [0.1, 0.15) is 11.6 Å². The quantitative estimate of drug-likeness (QED) is 0.871. The Balaban J connectivity index is 1.69. The van der Waals surface area contributed by atoms with Gasteiger partial charge in [-0.15, -0.1) is 0 Å². The second-order valence-corrected chi connectivity index (χ2v) is 6.74. The number of fused-ring (bicyclic) bond motifs is 1. The Morgan fingerprint density at radius 1 is 1.29 bits per heavy atom. The van der Waals surface area contributed by atoms with Gasteiger partial charge in [0, 0.05) is 24.9 Å². The van der Waals surface area contributed by atoms with Crippen LogP contribution in [-0.4, -0.2) is 27.5 Å². The first kappa shape index (κ1) is 15.2. The predicted octanol–water partition coefficient (Wildman–Crippen LogP) is 3.17. The molecule has 0 unspecified atom stereocenters. The van der Waals surface area contributed by atoms with E-state index in [-0.39, 0.29) is 17.9 Å². The third-order valence-electron chi connectivity index (χ3n) is 5.33. The number of rotatable bonds is 3. The summed E-state index contributed by atoms with van der Waals surface area (Å²) in [4.78, 5) is 19.6. The van der Waals surface area contributed by atoms with Gasteiger partial charge in [0.25, 0.3) is 0 Å². The van der Waals surface area contributed by atoms with E-state index in [0.29, 0.717) is 6.54 Å². The molecule has 0 bridgehead atoms. The summed E-state index contributed by atoms with van der Waals surface area (Å²) in [5.41, 5.74) is 1.13. The van der Waals surface area contributed by atoms with Crippen LogP contribution in [0.25, 0.3) is 0 Å². The Labute approximate surface area is 142 Å². The number of nitrogens with zero attached hydrogens (tertiary/aromatic N) is 3.